The predicted molar refractivity (Wildman–Crippen MR) is 207 cm³/mol. The summed E-state index contributed by atoms with van der Waals surface area (Å²) in [6, 6.07) is -0.826. The Labute approximate surface area is 310 Å². The smallest absolute Gasteiger partial charge is 0.220 e. The van der Waals surface area contributed by atoms with Crippen molar-refractivity contribution < 1.29 is 39.8 Å². The summed E-state index contributed by atoms with van der Waals surface area (Å²) in [5.41, 5.74) is 0. The van der Waals surface area contributed by atoms with E-state index in [-0.39, 0.29) is 12.5 Å². The van der Waals surface area contributed by atoms with Gasteiger partial charge in [-0.1, -0.05) is 140 Å². The molecule has 0 saturated carbocycles. The first-order chi connectivity index (χ1) is 24.8. The zero-order valence-corrected chi connectivity index (χ0v) is 32.1. The largest absolute Gasteiger partial charge is 0.394 e. The topological polar surface area (TPSA) is 149 Å². The number of hydrogen-bond donors (Lipinski definition) is 6. The Balaban J connectivity index is 2.47. The minimum atomic E-state index is -1.57. The second kappa shape index (κ2) is 32.8. The van der Waals surface area contributed by atoms with Crippen LogP contribution in [0.4, 0.5) is 0 Å². The second-order valence-corrected chi connectivity index (χ2v) is 14.1. The van der Waals surface area contributed by atoms with Crippen LogP contribution in [-0.2, 0) is 14.3 Å². The Hall–Kier alpha value is -1.85. The molecule has 9 nitrogen and oxygen atoms in total. The van der Waals surface area contributed by atoms with Crippen molar-refractivity contribution in [1.82, 2.24) is 5.32 Å². The van der Waals surface area contributed by atoms with Gasteiger partial charge < -0.3 is 40.3 Å². The molecule has 0 aromatic heterocycles. The molecule has 0 bridgehead atoms. The van der Waals surface area contributed by atoms with Crippen LogP contribution in [0.3, 0.4) is 0 Å². The molecule has 1 rings (SSSR count). The number of hydrogen-bond acceptors (Lipinski definition) is 8. The first kappa shape index (κ1) is 47.2. The SMILES string of the molecule is CCCCC/C=C\C=C/CCCCCCCCC(=O)NC(COC1OC(CO)C(O)C(O)C1O)C(O)/C=C/CC/C=C/CCCCCCCCC. The summed E-state index contributed by atoms with van der Waals surface area (Å²) < 4.78 is 11.1. The maximum atomic E-state index is 12.9. The highest BCUT2D eigenvalue weighted by Crippen LogP contribution is 2.22. The highest BCUT2D eigenvalue weighted by Gasteiger charge is 2.44. The van der Waals surface area contributed by atoms with Crippen LogP contribution in [0.2, 0.25) is 0 Å². The third kappa shape index (κ3) is 24.2. The van der Waals surface area contributed by atoms with Gasteiger partial charge in [-0.2, -0.15) is 0 Å². The lowest BCUT2D eigenvalue weighted by Crippen LogP contribution is -2.60. The molecule has 1 fully saturated rings. The van der Waals surface area contributed by atoms with E-state index in [2.05, 4.69) is 55.6 Å². The number of aliphatic hydroxyl groups is 5. The highest BCUT2D eigenvalue weighted by atomic mass is 16.7. The van der Waals surface area contributed by atoms with Gasteiger partial charge in [0.15, 0.2) is 6.29 Å². The minimum absolute atomic E-state index is 0.203. The van der Waals surface area contributed by atoms with Gasteiger partial charge in [0.05, 0.1) is 25.4 Å². The second-order valence-electron chi connectivity index (χ2n) is 14.1. The van der Waals surface area contributed by atoms with Gasteiger partial charge in [0.1, 0.15) is 24.4 Å². The molecule has 6 N–H and O–H groups in total. The molecule has 0 radical (unpaired) electrons. The summed E-state index contributed by atoms with van der Waals surface area (Å²) in [4.78, 5) is 12.9. The molecule has 0 aliphatic carbocycles. The van der Waals surface area contributed by atoms with E-state index in [1.165, 1.54) is 70.6 Å². The molecule has 0 aromatic rings. The molecular formula is C42H75NO8. The standard InChI is InChI=1S/C42H75NO8/c1-3-5-7-9-11-13-15-17-18-20-22-24-26-28-30-32-38(46)43-35(34-50-42-41(49)40(48)39(47)37(33-44)51-42)36(45)31-29-27-25-23-21-19-16-14-12-10-8-6-4-2/h11,13,15,17,21,23,29,31,35-37,39-42,44-45,47-49H,3-10,12,14,16,18-20,22,24-28,30,32-34H2,1-2H3,(H,43,46)/b13-11-,17-15-,23-21+,31-29+. The summed E-state index contributed by atoms with van der Waals surface area (Å²) in [7, 11) is 0. The summed E-state index contributed by atoms with van der Waals surface area (Å²) in [6.07, 6.45) is 32.9. The molecule has 7 atom stereocenters. The average molecular weight is 722 g/mol. The molecule has 1 amide bonds. The van der Waals surface area contributed by atoms with E-state index in [0.29, 0.717) is 6.42 Å². The zero-order valence-electron chi connectivity index (χ0n) is 32.1. The normalized spacial score (nSPS) is 22.5. The van der Waals surface area contributed by atoms with Gasteiger partial charge in [0, 0.05) is 6.42 Å². The fraction of sp³-hybridized carbons (Fsp3) is 0.786. The first-order valence-corrected chi connectivity index (χ1v) is 20.4. The minimum Gasteiger partial charge on any atom is -0.394 e. The number of amides is 1. The lowest BCUT2D eigenvalue weighted by molar-refractivity contribution is -0.302. The van der Waals surface area contributed by atoms with E-state index in [1.54, 1.807) is 6.08 Å². The zero-order chi connectivity index (χ0) is 37.4. The predicted octanol–water partition coefficient (Wildman–Crippen LogP) is 7.50. The number of ether oxygens (including phenoxy) is 2. The van der Waals surface area contributed by atoms with Crippen LogP contribution in [0.5, 0.6) is 0 Å². The lowest BCUT2D eigenvalue weighted by atomic mass is 9.99. The summed E-state index contributed by atoms with van der Waals surface area (Å²) >= 11 is 0. The molecule has 0 aromatic carbocycles. The van der Waals surface area contributed by atoms with Crippen LogP contribution in [0.1, 0.15) is 155 Å². The highest BCUT2D eigenvalue weighted by molar-refractivity contribution is 5.76. The third-order valence-electron chi connectivity index (χ3n) is 9.40. The molecule has 296 valence electrons. The Morgan fingerprint density at radius 1 is 0.667 bits per heavy atom. The van der Waals surface area contributed by atoms with Gasteiger partial charge in [0.2, 0.25) is 5.91 Å². The van der Waals surface area contributed by atoms with Crippen LogP contribution >= 0.6 is 0 Å². The summed E-state index contributed by atoms with van der Waals surface area (Å²) in [5, 5.41) is 53.9. The number of rotatable bonds is 32. The van der Waals surface area contributed by atoms with Crippen molar-refractivity contribution >= 4 is 5.91 Å². The van der Waals surface area contributed by atoms with Crippen molar-refractivity contribution in [3.8, 4) is 0 Å². The number of carbonyl (C=O) groups is 1. The van der Waals surface area contributed by atoms with Gasteiger partial charge in [-0.3, -0.25) is 4.79 Å². The lowest BCUT2D eigenvalue weighted by Gasteiger charge is -2.40. The van der Waals surface area contributed by atoms with E-state index < -0.39 is 49.5 Å². The van der Waals surface area contributed by atoms with Crippen LogP contribution in [-0.4, -0.2) is 87.5 Å². The van der Waals surface area contributed by atoms with E-state index in [4.69, 9.17) is 9.47 Å². The first-order valence-electron chi connectivity index (χ1n) is 20.4. The van der Waals surface area contributed by atoms with E-state index in [1.807, 2.05) is 6.08 Å². The van der Waals surface area contributed by atoms with Crippen molar-refractivity contribution in [2.45, 2.75) is 198 Å². The van der Waals surface area contributed by atoms with Crippen molar-refractivity contribution in [3.63, 3.8) is 0 Å². The van der Waals surface area contributed by atoms with Gasteiger partial charge >= 0.3 is 0 Å². The molecule has 9 heteroatoms. The van der Waals surface area contributed by atoms with Crippen molar-refractivity contribution in [3.05, 3.63) is 48.6 Å². The van der Waals surface area contributed by atoms with Crippen molar-refractivity contribution in [1.29, 1.82) is 0 Å². The maximum absolute atomic E-state index is 12.9. The Morgan fingerprint density at radius 2 is 1.18 bits per heavy atom. The van der Waals surface area contributed by atoms with Crippen LogP contribution in [0, 0.1) is 0 Å². The quantitative estimate of drug-likeness (QED) is 0.0238. The Bertz CT molecular complexity index is 936. The number of allylic oxidation sites excluding steroid dienone is 7. The number of unbranched alkanes of at least 4 members (excludes halogenated alkanes) is 17. The Kier molecular flexibility index (Phi) is 30.3. The molecule has 51 heavy (non-hydrogen) atoms. The van der Waals surface area contributed by atoms with Crippen molar-refractivity contribution in [2.75, 3.05) is 13.2 Å². The van der Waals surface area contributed by atoms with E-state index in [9.17, 15) is 30.3 Å². The number of aliphatic hydroxyl groups excluding tert-OH is 5. The van der Waals surface area contributed by atoms with Crippen LogP contribution < -0.4 is 5.32 Å². The molecule has 0 spiro atoms. The molecule has 7 unspecified atom stereocenters. The van der Waals surface area contributed by atoms with Gasteiger partial charge in [0.25, 0.3) is 0 Å². The molecule has 1 saturated heterocycles. The van der Waals surface area contributed by atoms with Crippen LogP contribution in [0.25, 0.3) is 0 Å². The summed E-state index contributed by atoms with van der Waals surface area (Å²) in [6.45, 7) is 3.68. The third-order valence-corrected chi connectivity index (χ3v) is 9.40. The Morgan fingerprint density at radius 3 is 1.80 bits per heavy atom. The molecule has 1 heterocycles. The molecule has 1 aliphatic rings. The fourth-order valence-corrected chi connectivity index (χ4v) is 6.04. The monoisotopic (exact) mass is 722 g/mol. The van der Waals surface area contributed by atoms with E-state index >= 15 is 0 Å². The molecule has 1 aliphatic heterocycles. The van der Waals surface area contributed by atoms with Gasteiger partial charge in [-0.15, -0.1) is 0 Å². The van der Waals surface area contributed by atoms with E-state index in [0.717, 1.165) is 64.2 Å². The fourth-order valence-electron chi connectivity index (χ4n) is 6.04. The molecular weight excluding hydrogens is 646 g/mol. The average Bonchev–Trinajstić information content (AvgIpc) is 3.13. The van der Waals surface area contributed by atoms with Crippen molar-refractivity contribution in [2.24, 2.45) is 0 Å². The number of carbonyl (C=O) groups excluding carboxylic acids is 1. The number of nitrogens with one attached hydrogen (secondary N) is 1. The summed E-state index contributed by atoms with van der Waals surface area (Å²) in [5.74, 6) is -0.203. The van der Waals surface area contributed by atoms with Crippen LogP contribution in [0.15, 0.2) is 48.6 Å². The van der Waals surface area contributed by atoms with Gasteiger partial charge in [-0.25, -0.2) is 0 Å². The van der Waals surface area contributed by atoms with Gasteiger partial charge in [-0.05, 0) is 57.8 Å². The maximum Gasteiger partial charge on any atom is 0.220 e.